The van der Waals surface area contributed by atoms with E-state index in [2.05, 4.69) is 19.2 Å². The average Bonchev–Trinajstić information content (AvgIpc) is 3.23. The van der Waals surface area contributed by atoms with Gasteiger partial charge in [0, 0.05) is 6.42 Å². The molecule has 0 saturated carbocycles. The Morgan fingerprint density at radius 2 is 0.847 bits per heavy atom. The molecule has 0 spiro atoms. The van der Waals surface area contributed by atoms with E-state index in [0.717, 1.165) is 38.5 Å². The fourth-order valence-electron chi connectivity index (χ4n) is 8.56. The lowest BCUT2D eigenvalue weighted by molar-refractivity contribution is -0.295. The molecular weight excluding hydrogens is 743 g/mol. The van der Waals surface area contributed by atoms with Crippen LogP contribution in [0.2, 0.25) is 0 Å². The van der Waals surface area contributed by atoms with E-state index in [1.807, 2.05) is 0 Å². The number of hydrogen-bond donors (Lipinski definition) is 6. The van der Waals surface area contributed by atoms with Gasteiger partial charge in [0.2, 0.25) is 5.91 Å². The van der Waals surface area contributed by atoms with Gasteiger partial charge < -0.3 is 40.3 Å². The molecule has 2 unspecified atom stereocenters. The van der Waals surface area contributed by atoms with Gasteiger partial charge in [0.15, 0.2) is 6.29 Å². The summed E-state index contributed by atoms with van der Waals surface area (Å²) in [5.74, 6) is -0.215. The monoisotopic (exact) mass is 842 g/mol. The lowest BCUT2D eigenvalue weighted by Crippen LogP contribution is -2.58. The molecule has 6 N–H and O–H groups in total. The smallest absolute Gasteiger partial charge is 0.220 e. The maximum atomic E-state index is 13.0. The van der Waals surface area contributed by atoms with Crippen LogP contribution in [0.4, 0.5) is 0 Å². The summed E-state index contributed by atoms with van der Waals surface area (Å²) in [6, 6.07) is -0.922. The zero-order chi connectivity index (χ0) is 43.2. The highest BCUT2D eigenvalue weighted by atomic mass is 16.7. The Morgan fingerprint density at radius 3 is 1.22 bits per heavy atom. The summed E-state index contributed by atoms with van der Waals surface area (Å²) in [5, 5.41) is 55.7. The maximum absolute atomic E-state index is 13.0. The van der Waals surface area contributed by atoms with E-state index >= 15 is 0 Å². The lowest BCUT2D eigenvalue weighted by atomic mass is 9.98. The molecule has 9 heteroatoms. The number of carbonyl (C=O) groups is 1. The molecule has 0 aliphatic carbocycles. The van der Waals surface area contributed by atoms with Crippen LogP contribution in [0.15, 0.2) is 0 Å². The van der Waals surface area contributed by atoms with Crippen LogP contribution in [0.1, 0.15) is 258 Å². The Hall–Kier alpha value is -0.810. The van der Waals surface area contributed by atoms with Crippen LogP contribution < -0.4 is 5.32 Å². The zero-order valence-corrected chi connectivity index (χ0v) is 38.9. The number of nitrogens with one attached hydrogen (secondary N) is 1. The highest BCUT2D eigenvalue weighted by Crippen LogP contribution is 2.23. The summed E-state index contributed by atoms with van der Waals surface area (Å²) >= 11 is 0. The number of rotatable bonds is 43. The molecule has 0 aromatic carbocycles. The van der Waals surface area contributed by atoms with Crippen molar-refractivity contribution in [2.75, 3.05) is 6.61 Å². The van der Waals surface area contributed by atoms with Gasteiger partial charge in [0.25, 0.3) is 0 Å². The highest BCUT2D eigenvalue weighted by molar-refractivity contribution is 5.76. The van der Waals surface area contributed by atoms with Crippen molar-refractivity contribution in [2.24, 2.45) is 0 Å². The Balaban J connectivity index is 2.23. The number of amides is 1. The standard InChI is InChI=1S/C50H99NO8/c1-4-6-8-10-12-14-16-18-19-20-21-22-23-24-25-26-27-28-30-32-34-36-38-40-45(53)51-43(41-58-50-49(57)48(56)46(54)42(3)59-50)47(55)44(52)39-37-35-33-31-29-17-15-13-11-9-7-5-2/h42-44,46-50,52,54-57H,4-41H2,1-3H3,(H,51,53)/t42?,43-,44+,46+,47-,48-,49?,50+/m0/s1. The lowest BCUT2D eigenvalue weighted by Gasteiger charge is -2.39. The molecule has 8 atom stereocenters. The highest BCUT2D eigenvalue weighted by Gasteiger charge is 2.43. The number of carbonyl (C=O) groups excluding carboxylic acids is 1. The Morgan fingerprint density at radius 1 is 0.508 bits per heavy atom. The van der Waals surface area contributed by atoms with E-state index in [1.165, 1.54) is 186 Å². The van der Waals surface area contributed by atoms with Crippen LogP contribution in [0.5, 0.6) is 0 Å². The van der Waals surface area contributed by atoms with Gasteiger partial charge in [-0.05, 0) is 19.8 Å². The predicted molar refractivity (Wildman–Crippen MR) is 244 cm³/mol. The first-order valence-electron chi connectivity index (χ1n) is 25.7. The molecule has 1 saturated heterocycles. The average molecular weight is 842 g/mol. The predicted octanol–water partition coefficient (Wildman–Crippen LogP) is 11.5. The van der Waals surface area contributed by atoms with Gasteiger partial charge in [-0.1, -0.05) is 232 Å². The van der Waals surface area contributed by atoms with Crippen molar-refractivity contribution in [3.05, 3.63) is 0 Å². The topological polar surface area (TPSA) is 149 Å². The Bertz CT molecular complexity index is 910. The summed E-state index contributed by atoms with van der Waals surface area (Å²) in [5.41, 5.74) is 0. The van der Waals surface area contributed by atoms with Crippen molar-refractivity contribution in [3.63, 3.8) is 0 Å². The van der Waals surface area contributed by atoms with Gasteiger partial charge in [-0.2, -0.15) is 0 Å². The third-order valence-electron chi connectivity index (χ3n) is 12.8. The van der Waals surface area contributed by atoms with E-state index in [-0.39, 0.29) is 12.5 Å². The molecule has 1 fully saturated rings. The molecule has 352 valence electrons. The van der Waals surface area contributed by atoms with Gasteiger partial charge in [-0.3, -0.25) is 4.79 Å². The number of aliphatic hydroxyl groups is 5. The van der Waals surface area contributed by atoms with E-state index < -0.39 is 49.0 Å². The van der Waals surface area contributed by atoms with E-state index in [1.54, 1.807) is 6.92 Å². The number of ether oxygens (including phenoxy) is 2. The molecule has 9 nitrogen and oxygen atoms in total. The summed E-state index contributed by atoms with van der Waals surface area (Å²) in [6.07, 6.45) is 37.1. The third-order valence-corrected chi connectivity index (χ3v) is 12.8. The molecule has 0 bridgehead atoms. The van der Waals surface area contributed by atoms with Crippen LogP contribution >= 0.6 is 0 Å². The molecule has 1 amide bonds. The zero-order valence-electron chi connectivity index (χ0n) is 38.9. The molecule has 1 heterocycles. The molecule has 1 rings (SSSR count). The number of aliphatic hydroxyl groups excluding tert-OH is 5. The number of hydrogen-bond acceptors (Lipinski definition) is 8. The number of unbranched alkanes of at least 4 members (excludes halogenated alkanes) is 33. The van der Waals surface area contributed by atoms with Gasteiger partial charge in [-0.15, -0.1) is 0 Å². The van der Waals surface area contributed by atoms with Crippen molar-refractivity contribution in [3.8, 4) is 0 Å². The summed E-state index contributed by atoms with van der Waals surface area (Å²) in [7, 11) is 0. The molecule has 1 aliphatic rings. The fraction of sp³-hybridized carbons (Fsp3) is 0.980. The molecule has 0 aromatic heterocycles. The van der Waals surface area contributed by atoms with Gasteiger partial charge in [0.1, 0.15) is 24.4 Å². The van der Waals surface area contributed by atoms with Crippen LogP contribution in [-0.2, 0) is 14.3 Å². The second-order valence-corrected chi connectivity index (χ2v) is 18.5. The second-order valence-electron chi connectivity index (χ2n) is 18.5. The van der Waals surface area contributed by atoms with Crippen LogP contribution in [-0.4, -0.2) is 87.0 Å². The first-order valence-corrected chi connectivity index (χ1v) is 25.7. The van der Waals surface area contributed by atoms with Crippen molar-refractivity contribution in [1.29, 1.82) is 0 Å². The minimum absolute atomic E-state index is 0.215. The quantitative estimate of drug-likeness (QED) is 0.0332. The second kappa shape index (κ2) is 40.0. The first kappa shape index (κ1) is 56.2. The summed E-state index contributed by atoms with van der Waals surface area (Å²) in [6.45, 7) is 5.88. The van der Waals surface area contributed by atoms with E-state index in [0.29, 0.717) is 12.8 Å². The third kappa shape index (κ3) is 30.8. The Kier molecular flexibility index (Phi) is 38.1. The van der Waals surface area contributed by atoms with Crippen molar-refractivity contribution < 1.29 is 39.8 Å². The molecular formula is C50H99NO8. The molecule has 59 heavy (non-hydrogen) atoms. The minimum Gasteiger partial charge on any atom is -0.390 e. The van der Waals surface area contributed by atoms with Gasteiger partial charge in [-0.25, -0.2) is 0 Å². The molecule has 1 aliphatic heterocycles. The SMILES string of the molecule is CCCCCCCCCCCCCCCCCCCCCCCCCC(=O)N[C@@H](CO[C@@H]1OC(C)[C@@H](O)[C@H](O)C1O)[C@H](O)[C@H](O)CCCCCCCCCCCCCC. The summed E-state index contributed by atoms with van der Waals surface area (Å²) < 4.78 is 11.3. The minimum atomic E-state index is -1.49. The largest absolute Gasteiger partial charge is 0.390 e. The van der Waals surface area contributed by atoms with Crippen molar-refractivity contribution >= 4 is 5.91 Å². The van der Waals surface area contributed by atoms with Gasteiger partial charge >= 0.3 is 0 Å². The normalized spacial score (nSPS) is 21.1. The maximum Gasteiger partial charge on any atom is 0.220 e. The van der Waals surface area contributed by atoms with Crippen LogP contribution in [0.3, 0.4) is 0 Å². The first-order chi connectivity index (χ1) is 28.7. The van der Waals surface area contributed by atoms with Crippen molar-refractivity contribution in [1.82, 2.24) is 5.32 Å². The van der Waals surface area contributed by atoms with Crippen molar-refractivity contribution in [2.45, 2.75) is 307 Å². The van der Waals surface area contributed by atoms with Gasteiger partial charge in [0.05, 0.1) is 24.9 Å². The fourth-order valence-corrected chi connectivity index (χ4v) is 8.56. The Labute approximate surface area is 364 Å². The van der Waals surface area contributed by atoms with Crippen LogP contribution in [0.25, 0.3) is 0 Å². The molecule has 0 radical (unpaired) electrons. The summed E-state index contributed by atoms with van der Waals surface area (Å²) in [4.78, 5) is 13.0. The van der Waals surface area contributed by atoms with E-state index in [9.17, 15) is 30.3 Å². The molecule has 0 aromatic rings. The van der Waals surface area contributed by atoms with E-state index in [4.69, 9.17) is 9.47 Å². The van der Waals surface area contributed by atoms with Crippen LogP contribution in [0, 0.1) is 0 Å².